The summed E-state index contributed by atoms with van der Waals surface area (Å²) in [4.78, 5) is 16.5. The highest BCUT2D eigenvalue weighted by atomic mass is 19.2. The molecule has 4 atom stereocenters. The Balaban J connectivity index is 1.21. The molecule has 6 heteroatoms. The lowest BCUT2D eigenvalue weighted by atomic mass is 10.1. The number of hydrogen-bond acceptors (Lipinski definition) is 2. The standard InChI is InChI=1S/C22H21F2N3O/c1-12-3-2-4-13(5-12)22(28)25-10-17-15-6-14(7-16(15)17)27-11-26-20-8-18(23)19(24)9-21(20)27/h2-5,8-9,11,14-17H,6-7,10H2,1H3,(H,25,28)/t14?,15-,16+,17?. The Bertz CT molecular complexity index is 1060. The van der Waals surface area contributed by atoms with E-state index in [1.54, 1.807) is 6.33 Å². The Morgan fingerprint density at radius 2 is 1.93 bits per heavy atom. The van der Waals surface area contributed by atoms with Gasteiger partial charge in [-0.05, 0) is 49.7 Å². The predicted molar refractivity (Wildman–Crippen MR) is 102 cm³/mol. The molecular weight excluding hydrogens is 360 g/mol. The van der Waals surface area contributed by atoms with E-state index in [-0.39, 0.29) is 11.9 Å². The summed E-state index contributed by atoms with van der Waals surface area (Å²) in [6.45, 7) is 2.67. The van der Waals surface area contributed by atoms with Gasteiger partial charge < -0.3 is 9.88 Å². The van der Waals surface area contributed by atoms with Crippen molar-refractivity contribution in [2.45, 2.75) is 25.8 Å². The van der Waals surface area contributed by atoms with Gasteiger partial charge in [0.25, 0.3) is 5.91 Å². The van der Waals surface area contributed by atoms with Gasteiger partial charge in [-0.15, -0.1) is 0 Å². The van der Waals surface area contributed by atoms with Crippen molar-refractivity contribution in [2.75, 3.05) is 6.54 Å². The summed E-state index contributed by atoms with van der Waals surface area (Å²) in [7, 11) is 0. The zero-order valence-electron chi connectivity index (χ0n) is 15.5. The molecule has 144 valence electrons. The molecule has 5 rings (SSSR count). The van der Waals surface area contributed by atoms with Crippen molar-refractivity contribution in [3.05, 3.63) is 65.5 Å². The molecule has 0 radical (unpaired) electrons. The van der Waals surface area contributed by atoms with E-state index in [9.17, 15) is 13.6 Å². The van der Waals surface area contributed by atoms with Crippen LogP contribution in [0.4, 0.5) is 8.78 Å². The third kappa shape index (κ3) is 2.87. The molecule has 0 bridgehead atoms. The second-order valence-corrected chi connectivity index (χ2v) is 8.10. The molecule has 3 aromatic rings. The van der Waals surface area contributed by atoms with Crippen LogP contribution >= 0.6 is 0 Å². The summed E-state index contributed by atoms with van der Waals surface area (Å²) in [5, 5.41) is 3.06. The Hall–Kier alpha value is -2.76. The highest BCUT2D eigenvalue weighted by Gasteiger charge is 2.56. The summed E-state index contributed by atoms with van der Waals surface area (Å²) in [5.41, 5.74) is 2.90. The van der Waals surface area contributed by atoms with E-state index in [0.29, 0.717) is 40.9 Å². The first-order valence-electron chi connectivity index (χ1n) is 9.67. The molecule has 1 N–H and O–H groups in total. The SMILES string of the molecule is Cc1cccc(C(=O)NCC2[C@H]3CC(n4cnc5cc(F)c(F)cc54)C[C@@H]23)c1. The third-order valence-corrected chi connectivity index (χ3v) is 6.39. The third-order valence-electron chi connectivity index (χ3n) is 6.39. The average Bonchev–Trinajstić information content (AvgIpc) is 3.00. The maximum absolute atomic E-state index is 13.6. The normalized spacial score (nSPS) is 25.7. The molecule has 28 heavy (non-hydrogen) atoms. The number of nitrogens with one attached hydrogen (secondary N) is 1. The quantitative estimate of drug-likeness (QED) is 0.734. The number of rotatable bonds is 4. The Kier molecular flexibility index (Phi) is 3.96. The average molecular weight is 381 g/mol. The number of amides is 1. The maximum Gasteiger partial charge on any atom is 0.251 e. The van der Waals surface area contributed by atoms with Crippen LogP contribution in [0.1, 0.15) is 34.8 Å². The maximum atomic E-state index is 13.6. The number of imidazole rings is 1. The minimum absolute atomic E-state index is 0.0247. The fraction of sp³-hybridized carbons (Fsp3) is 0.364. The van der Waals surface area contributed by atoms with E-state index in [2.05, 4.69) is 10.3 Å². The van der Waals surface area contributed by atoms with Crippen LogP contribution in [0, 0.1) is 36.3 Å². The number of fused-ring (bicyclic) bond motifs is 2. The van der Waals surface area contributed by atoms with Crippen LogP contribution in [-0.2, 0) is 0 Å². The number of aromatic nitrogens is 2. The second kappa shape index (κ2) is 6.40. The van der Waals surface area contributed by atoms with E-state index in [1.807, 2.05) is 35.8 Å². The first-order chi connectivity index (χ1) is 13.5. The summed E-state index contributed by atoms with van der Waals surface area (Å²) in [5.74, 6) is -0.0704. The molecule has 2 aromatic carbocycles. The van der Waals surface area contributed by atoms with Crippen molar-refractivity contribution in [2.24, 2.45) is 17.8 Å². The van der Waals surface area contributed by atoms with Gasteiger partial charge >= 0.3 is 0 Å². The topological polar surface area (TPSA) is 46.9 Å². The number of carbonyl (C=O) groups is 1. The van der Waals surface area contributed by atoms with Gasteiger partial charge in [0.2, 0.25) is 0 Å². The summed E-state index contributed by atoms with van der Waals surface area (Å²) < 4.78 is 29.0. The molecule has 2 aliphatic rings. The highest BCUT2D eigenvalue weighted by Crippen LogP contribution is 2.60. The number of halogens is 2. The van der Waals surface area contributed by atoms with E-state index < -0.39 is 11.6 Å². The van der Waals surface area contributed by atoms with Crippen LogP contribution in [0.25, 0.3) is 11.0 Å². The fourth-order valence-electron chi connectivity index (χ4n) is 4.89. The Morgan fingerprint density at radius 3 is 2.68 bits per heavy atom. The van der Waals surface area contributed by atoms with Crippen molar-refractivity contribution >= 4 is 16.9 Å². The van der Waals surface area contributed by atoms with Gasteiger partial charge in [0.1, 0.15) is 0 Å². The van der Waals surface area contributed by atoms with Gasteiger partial charge in [-0.2, -0.15) is 0 Å². The van der Waals surface area contributed by atoms with Gasteiger partial charge in [-0.25, -0.2) is 13.8 Å². The molecule has 0 aliphatic heterocycles. The van der Waals surface area contributed by atoms with E-state index in [0.717, 1.165) is 24.5 Å². The Morgan fingerprint density at radius 1 is 1.18 bits per heavy atom. The number of benzene rings is 2. The molecule has 0 saturated heterocycles. The lowest BCUT2D eigenvalue weighted by Gasteiger charge is -2.17. The van der Waals surface area contributed by atoms with Crippen molar-refractivity contribution in [3.8, 4) is 0 Å². The van der Waals surface area contributed by atoms with Crippen LogP contribution in [-0.4, -0.2) is 22.0 Å². The smallest absolute Gasteiger partial charge is 0.251 e. The summed E-state index contributed by atoms with van der Waals surface area (Å²) >= 11 is 0. The molecule has 2 aliphatic carbocycles. The zero-order valence-corrected chi connectivity index (χ0v) is 15.5. The van der Waals surface area contributed by atoms with Crippen LogP contribution in [0.3, 0.4) is 0 Å². The number of aryl methyl sites for hydroxylation is 1. The van der Waals surface area contributed by atoms with E-state index in [1.165, 1.54) is 6.07 Å². The molecule has 2 unspecified atom stereocenters. The second-order valence-electron chi connectivity index (χ2n) is 8.10. The predicted octanol–water partition coefficient (Wildman–Crippen LogP) is 4.25. The minimum Gasteiger partial charge on any atom is -0.352 e. The lowest BCUT2D eigenvalue weighted by Crippen LogP contribution is -2.27. The summed E-state index contributed by atoms with van der Waals surface area (Å²) in [6, 6.07) is 10.2. The van der Waals surface area contributed by atoms with Crippen molar-refractivity contribution < 1.29 is 13.6 Å². The first-order valence-corrected chi connectivity index (χ1v) is 9.67. The van der Waals surface area contributed by atoms with Crippen molar-refractivity contribution in [3.63, 3.8) is 0 Å². The first kappa shape index (κ1) is 17.3. The molecule has 1 aromatic heterocycles. The van der Waals surface area contributed by atoms with Crippen LogP contribution in [0.15, 0.2) is 42.7 Å². The van der Waals surface area contributed by atoms with Gasteiger partial charge in [-0.1, -0.05) is 17.7 Å². The van der Waals surface area contributed by atoms with Crippen LogP contribution in [0.2, 0.25) is 0 Å². The van der Waals surface area contributed by atoms with Crippen LogP contribution in [0.5, 0.6) is 0 Å². The highest BCUT2D eigenvalue weighted by molar-refractivity contribution is 5.94. The zero-order chi connectivity index (χ0) is 19.4. The van der Waals surface area contributed by atoms with E-state index in [4.69, 9.17) is 0 Å². The molecule has 1 amide bonds. The van der Waals surface area contributed by atoms with Gasteiger partial charge in [0.05, 0.1) is 17.4 Å². The number of hydrogen-bond donors (Lipinski definition) is 1. The molecule has 4 nitrogen and oxygen atoms in total. The lowest BCUT2D eigenvalue weighted by molar-refractivity contribution is 0.0950. The minimum atomic E-state index is -0.864. The van der Waals surface area contributed by atoms with Gasteiger partial charge in [-0.3, -0.25) is 4.79 Å². The fourth-order valence-corrected chi connectivity index (χ4v) is 4.89. The number of carbonyl (C=O) groups excluding carboxylic acids is 1. The Labute approximate surface area is 161 Å². The number of nitrogens with zero attached hydrogens (tertiary/aromatic N) is 2. The van der Waals surface area contributed by atoms with E-state index >= 15 is 0 Å². The molecule has 2 fully saturated rings. The van der Waals surface area contributed by atoms with Crippen LogP contribution < -0.4 is 5.32 Å². The molecule has 2 saturated carbocycles. The van der Waals surface area contributed by atoms with Crippen molar-refractivity contribution in [1.29, 1.82) is 0 Å². The monoisotopic (exact) mass is 381 g/mol. The molecule has 1 heterocycles. The molecule has 0 spiro atoms. The van der Waals surface area contributed by atoms with Gasteiger partial charge in [0, 0.05) is 30.3 Å². The largest absolute Gasteiger partial charge is 0.352 e. The molecular formula is C22H21F2N3O. The van der Waals surface area contributed by atoms with Gasteiger partial charge in [0.15, 0.2) is 11.6 Å². The van der Waals surface area contributed by atoms with Crippen molar-refractivity contribution in [1.82, 2.24) is 14.9 Å². The summed E-state index contributed by atoms with van der Waals surface area (Å²) in [6.07, 6.45) is 3.66.